The van der Waals surface area contributed by atoms with E-state index >= 15 is 0 Å². The van der Waals surface area contributed by atoms with Crippen molar-refractivity contribution < 1.29 is 9.59 Å². The fraction of sp³-hybridized carbons (Fsp3) is 0.263. The first-order valence-electron chi connectivity index (χ1n) is 8.17. The molecule has 1 spiro atoms. The molecule has 2 aliphatic heterocycles. The van der Waals surface area contributed by atoms with Crippen molar-refractivity contribution in [2.24, 2.45) is 5.73 Å². The lowest BCUT2D eigenvalue weighted by atomic mass is 9.74. The molecule has 0 aromatic heterocycles. The van der Waals surface area contributed by atoms with Crippen LogP contribution in [0.25, 0.3) is 11.1 Å². The van der Waals surface area contributed by atoms with Crippen LogP contribution < -0.4 is 16.4 Å². The number of benzene rings is 2. The third-order valence-electron chi connectivity index (χ3n) is 5.16. The molecule has 24 heavy (non-hydrogen) atoms. The Morgan fingerprint density at radius 2 is 1.79 bits per heavy atom. The molecule has 0 atom stereocenters. The molecule has 0 aliphatic carbocycles. The molecule has 0 bridgehead atoms. The first-order valence-corrected chi connectivity index (χ1v) is 8.17. The van der Waals surface area contributed by atoms with Crippen LogP contribution in [0.3, 0.4) is 0 Å². The number of rotatable bonds is 2. The maximum absolute atomic E-state index is 12.6. The summed E-state index contributed by atoms with van der Waals surface area (Å²) in [4.78, 5) is 24.0. The van der Waals surface area contributed by atoms with Crippen LogP contribution in [0.2, 0.25) is 0 Å². The molecule has 5 nitrogen and oxygen atoms in total. The fourth-order valence-corrected chi connectivity index (χ4v) is 3.81. The van der Waals surface area contributed by atoms with Crippen molar-refractivity contribution in [1.82, 2.24) is 5.32 Å². The number of piperidine rings is 1. The lowest BCUT2D eigenvalue weighted by molar-refractivity contribution is -0.121. The minimum Gasteiger partial charge on any atom is -0.366 e. The minimum absolute atomic E-state index is 0.0991. The molecule has 0 unspecified atom stereocenters. The van der Waals surface area contributed by atoms with Crippen molar-refractivity contribution in [3.63, 3.8) is 0 Å². The zero-order valence-electron chi connectivity index (χ0n) is 13.3. The van der Waals surface area contributed by atoms with E-state index in [2.05, 4.69) is 10.6 Å². The predicted molar refractivity (Wildman–Crippen MR) is 92.8 cm³/mol. The molecule has 2 amide bonds. The van der Waals surface area contributed by atoms with Crippen molar-refractivity contribution in [2.75, 3.05) is 18.4 Å². The van der Waals surface area contributed by atoms with E-state index in [1.165, 1.54) is 0 Å². The normalized spacial score (nSPS) is 18.2. The van der Waals surface area contributed by atoms with Gasteiger partial charge in [0.05, 0.1) is 5.41 Å². The van der Waals surface area contributed by atoms with E-state index in [0.717, 1.165) is 48.3 Å². The summed E-state index contributed by atoms with van der Waals surface area (Å²) in [6, 6.07) is 13.3. The first-order chi connectivity index (χ1) is 11.6. The maximum atomic E-state index is 12.6. The standard InChI is InChI=1S/C19H19N3O2/c20-17(23)14-3-1-2-12(10-14)13-4-5-15-16(11-13)22-18(24)19(15)6-8-21-9-7-19/h1-5,10-11,21H,6-9H2,(H2,20,23)(H,22,24). The van der Waals surface area contributed by atoms with Crippen LogP contribution in [0, 0.1) is 0 Å². The van der Waals surface area contributed by atoms with E-state index in [4.69, 9.17) is 5.73 Å². The van der Waals surface area contributed by atoms with Crippen LogP contribution in [0.4, 0.5) is 5.69 Å². The van der Waals surface area contributed by atoms with Gasteiger partial charge in [0.25, 0.3) is 0 Å². The van der Waals surface area contributed by atoms with Crippen LogP contribution in [-0.4, -0.2) is 24.9 Å². The Balaban J connectivity index is 1.75. The third-order valence-corrected chi connectivity index (χ3v) is 5.16. The minimum atomic E-state index is -0.444. The molecule has 1 fully saturated rings. The highest BCUT2D eigenvalue weighted by Crippen LogP contribution is 2.45. The Hall–Kier alpha value is -2.66. The molecular weight excluding hydrogens is 302 g/mol. The van der Waals surface area contributed by atoms with Gasteiger partial charge in [0, 0.05) is 11.3 Å². The summed E-state index contributed by atoms with van der Waals surface area (Å²) in [5.41, 5.74) is 9.28. The number of nitrogens with two attached hydrogens (primary N) is 1. The fourth-order valence-electron chi connectivity index (χ4n) is 3.81. The molecule has 2 aromatic carbocycles. The van der Waals surface area contributed by atoms with Crippen molar-refractivity contribution in [3.05, 3.63) is 53.6 Å². The molecule has 0 saturated carbocycles. The summed E-state index contributed by atoms with van der Waals surface area (Å²) >= 11 is 0. The molecule has 4 N–H and O–H groups in total. The molecular formula is C19H19N3O2. The van der Waals surface area contributed by atoms with Crippen molar-refractivity contribution >= 4 is 17.5 Å². The molecule has 1 saturated heterocycles. The van der Waals surface area contributed by atoms with Gasteiger partial charge in [-0.2, -0.15) is 0 Å². The van der Waals surface area contributed by atoms with Crippen LogP contribution in [0.15, 0.2) is 42.5 Å². The average molecular weight is 321 g/mol. The Morgan fingerprint density at radius 1 is 1.04 bits per heavy atom. The van der Waals surface area contributed by atoms with Gasteiger partial charge in [-0.3, -0.25) is 9.59 Å². The van der Waals surface area contributed by atoms with E-state index < -0.39 is 11.3 Å². The smallest absolute Gasteiger partial charge is 0.248 e. The Labute approximate surface area is 140 Å². The predicted octanol–water partition coefficient (Wildman–Crippen LogP) is 2.03. The Morgan fingerprint density at radius 3 is 2.54 bits per heavy atom. The summed E-state index contributed by atoms with van der Waals surface area (Å²) in [6.07, 6.45) is 1.64. The second-order valence-corrected chi connectivity index (χ2v) is 6.49. The highest BCUT2D eigenvalue weighted by Gasteiger charge is 2.47. The third kappa shape index (κ3) is 2.20. The van der Waals surface area contributed by atoms with E-state index in [9.17, 15) is 9.59 Å². The van der Waals surface area contributed by atoms with Gasteiger partial charge < -0.3 is 16.4 Å². The summed E-state index contributed by atoms with van der Waals surface area (Å²) in [7, 11) is 0. The highest BCUT2D eigenvalue weighted by atomic mass is 16.2. The number of primary amides is 1. The van der Waals surface area contributed by atoms with E-state index in [1.54, 1.807) is 12.1 Å². The zero-order chi connectivity index (χ0) is 16.7. The van der Waals surface area contributed by atoms with Crippen LogP contribution >= 0.6 is 0 Å². The van der Waals surface area contributed by atoms with Gasteiger partial charge in [0.15, 0.2) is 0 Å². The lowest BCUT2D eigenvalue weighted by Crippen LogP contribution is -2.44. The van der Waals surface area contributed by atoms with Crippen molar-refractivity contribution in [3.8, 4) is 11.1 Å². The number of nitrogens with one attached hydrogen (secondary N) is 2. The number of hydrogen-bond acceptors (Lipinski definition) is 3. The summed E-state index contributed by atoms with van der Waals surface area (Å²) < 4.78 is 0. The molecule has 4 rings (SSSR count). The summed E-state index contributed by atoms with van der Waals surface area (Å²) in [5.74, 6) is -0.345. The van der Waals surface area contributed by atoms with E-state index in [-0.39, 0.29) is 5.91 Å². The van der Waals surface area contributed by atoms with Gasteiger partial charge in [0.2, 0.25) is 11.8 Å². The average Bonchev–Trinajstić information content (AvgIpc) is 2.87. The molecule has 5 heteroatoms. The maximum Gasteiger partial charge on any atom is 0.248 e. The van der Waals surface area contributed by atoms with Crippen molar-refractivity contribution in [1.29, 1.82) is 0 Å². The van der Waals surface area contributed by atoms with Gasteiger partial charge in [-0.15, -0.1) is 0 Å². The lowest BCUT2D eigenvalue weighted by Gasteiger charge is -2.32. The largest absolute Gasteiger partial charge is 0.366 e. The molecule has 2 aromatic rings. The van der Waals surface area contributed by atoms with Gasteiger partial charge >= 0.3 is 0 Å². The summed E-state index contributed by atoms with van der Waals surface area (Å²) in [6.45, 7) is 1.71. The molecule has 2 aliphatic rings. The van der Waals surface area contributed by atoms with Gasteiger partial charge in [-0.1, -0.05) is 24.3 Å². The van der Waals surface area contributed by atoms with Crippen LogP contribution in [0.1, 0.15) is 28.8 Å². The van der Waals surface area contributed by atoms with Crippen molar-refractivity contribution in [2.45, 2.75) is 18.3 Å². The molecule has 0 radical (unpaired) electrons. The number of amides is 2. The monoisotopic (exact) mass is 321 g/mol. The first kappa shape index (κ1) is 14.9. The summed E-state index contributed by atoms with van der Waals surface area (Å²) in [5, 5.41) is 6.36. The van der Waals surface area contributed by atoms with Gasteiger partial charge in [-0.25, -0.2) is 0 Å². The van der Waals surface area contributed by atoms with Crippen LogP contribution in [0.5, 0.6) is 0 Å². The highest BCUT2D eigenvalue weighted by molar-refractivity contribution is 6.07. The number of anilines is 1. The number of fused-ring (bicyclic) bond motifs is 2. The van der Waals surface area contributed by atoms with Crippen LogP contribution in [-0.2, 0) is 10.2 Å². The van der Waals surface area contributed by atoms with E-state index in [1.807, 2.05) is 30.3 Å². The number of carbonyl (C=O) groups is 2. The zero-order valence-corrected chi connectivity index (χ0v) is 13.3. The number of hydrogen-bond donors (Lipinski definition) is 3. The second-order valence-electron chi connectivity index (χ2n) is 6.49. The number of carbonyl (C=O) groups excluding carboxylic acids is 2. The van der Waals surface area contributed by atoms with Gasteiger partial charge in [-0.05, 0) is 60.8 Å². The second kappa shape index (κ2) is 5.46. The van der Waals surface area contributed by atoms with Gasteiger partial charge in [0.1, 0.15) is 0 Å². The Bertz CT molecular complexity index is 838. The molecule has 122 valence electrons. The quantitative estimate of drug-likeness (QED) is 0.791. The SMILES string of the molecule is NC(=O)c1cccc(-c2ccc3c(c2)NC(=O)C32CCNCC2)c1. The topological polar surface area (TPSA) is 84.2 Å². The molecule has 2 heterocycles. The van der Waals surface area contributed by atoms with E-state index in [0.29, 0.717) is 5.56 Å². The Kier molecular flexibility index (Phi) is 3.39.